The molecule has 0 atom stereocenters. The molecule has 0 aliphatic rings. The number of fused-ring (bicyclic) bond motifs is 1. The Balaban J connectivity index is 1.58. The van der Waals surface area contributed by atoms with Gasteiger partial charge in [-0.25, -0.2) is 12.8 Å². The molecule has 35 heavy (non-hydrogen) atoms. The lowest BCUT2D eigenvalue weighted by atomic mass is 10.2. The van der Waals surface area contributed by atoms with Crippen molar-refractivity contribution in [3.63, 3.8) is 0 Å². The number of carbonyl (C=O) groups is 1. The third-order valence-corrected chi connectivity index (χ3v) is 7.66. The fraction of sp³-hybridized carbons (Fsp3) is 0.200. The first-order valence-electron chi connectivity index (χ1n) is 10.9. The number of hydrogen-bond donors (Lipinski definition) is 1. The van der Waals surface area contributed by atoms with Gasteiger partial charge in [0, 0.05) is 24.4 Å². The van der Waals surface area contributed by atoms with Crippen LogP contribution in [0.15, 0.2) is 76.6 Å². The van der Waals surface area contributed by atoms with Gasteiger partial charge in [-0.15, -0.1) is 0 Å². The molecule has 10 heteroatoms. The summed E-state index contributed by atoms with van der Waals surface area (Å²) in [6.07, 6.45) is 0. The number of anilines is 1. The largest absolute Gasteiger partial charge is 0.380 e. The van der Waals surface area contributed by atoms with Crippen LogP contribution in [-0.4, -0.2) is 32.1 Å². The summed E-state index contributed by atoms with van der Waals surface area (Å²) < 4.78 is 49.4. The molecule has 1 aromatic heterocycles. The molecule has 4 aromatic rings. The van der Waals surface area contributed by atoms with E-state index in [1.165, 1.54) is 59.9 Å². The van der Waals surface area contributed by atoms with Crippen LogP contribution in [0.5, 0.6) is 0 Å². The van der Waals surface area contributed by atoms with Gasteiger partial charge in [0.1, 0.15) is 5.82 Å². The van der Waals surface area contributed by atoms with Crippen LogP contribution in [0.2, 0.25) is 0 Å². The van der Waals surface area contributed by atoms with Crippen LogP contribution in [-0.2, 0) is 21.3 Å². The van der Waals surface area contributed by atoms with Crippen molar-refractivity contribution in [1.29, 1.82) is 0 Å². The molecule has 0 saturated carbocycles. The summed E-state index contributed by atoms with van der Waals surface area (Å²) in [5.41, 5.74) is 2.34. The number of nitrogens with zero attached hydrogens (tertiary/aromatic N) is 2. The van der Waals surface area contributed by atoms with Gasteiger partial charge in [0.05, 0.1) is 21.7 Å². The van der Waals surface area contributed by atoms with Crippen molar-refractivity contribution in [2.45, 2.75) is 25.3 Å². The second-order valence-corrected chi connectivity index (χ2v) is 10.4. The lowest BCUT2D eigenvalue weighted by Crippen LogP contribution is -2.19. The highest BCUT2D eigenvalue weighted by Crippen LogP contribution is 2.20. The fourth-order valence-corrected chi connectivity index (χ4v) is 5.55. The average molecular weight is 514 g/mol. The number of aryl methyl sites for hydroxylation is 1. The maximum Gasteiger partial charge on any atom is 0.279 e. The van der Waals surface area contributed by atoms with Crippen LogP contribution in [0.1, 0.15) is 22.8 Å². The first kappa shape index (κ1) is 24.8. The van der Waals surface area contributed by atoms with E-state index in [9.17, 15) is 17.6 Å². The first-order chi connectivity index (χ1) is 16.8. The van der Waals surface area contributed by atoms with E-state index in [0.29, 0.717) is 40.5 Å². The van der Waals surface area contributed by atoms with E-state index in [1.807, 2.05) is 18.4 Å². The van der Waals surface area contributed by atoms with E-state index in [4.69, 9.17) is 4.74 Å². The zero-order valence-corrected chi connectivity index (χ0v) is 20.8. The van der Waals surface area contributed by atoms with E-state index >= 15 is 0 Å². The SMILES string of the molecule is CCOCCn1c(=NC(=O)c2ccc(NS(=O)(=O)c3ccc(C)cc3)cc2)sc2cc(F)ccc21. The zero-order valence-electron chi connectivity index (χ0n) is 19.2. The second-order valence-electron chi connectivity index (χ2n) is 7.76. The number of amides is 1. The number of aromatic nitrogens is 1. The minimum absolute atomic E-state index is 0.149. The Morgan fingerprint density at radius 2 is 1.80 bits per heavy atom. The number of sulfonamides is 1. The number of thiazole rings is 1. The Kier molecular flexibility index (Phi) is 7.44. The monoisotopic (exact) mass is 513 g/mol. The number of carbonyl (C=O) groups excluding carboxylic acids is 1. The van der Waals surface area contributed by atoms with Crippen molar-refractivity contribution >= 4 is 43.2 Å². The third kappa shape index (κ3) is 5.84. The van der Waals surface area contributed by atoms with Gasteiger partial charge in [-0.2, -0.15) is 4.99 Å². The lowest BCUT2D eigenvalue weighted by molar-refractivity contribution is 0.0996. The van der Waals surface area contributed by atoms with Crippen molar-refractivity contribution < 1.29 is 22.3 Å². The Morgan fingerprint density at radius 3 is 2.49 bits per heavy atom. The van der Waals surface area contributed by atoms with Crippen LogP contribution in [0.4, 0.5) is 10.1 Å². The van der Waals surface area contributed by atoms with Gasteiger partial charge in [-0.1, -0.05) is 29.0 Å². The molecule has 0 saturated heterocycles. The predicted molar refractivity (Wildman–Crippen MR) is 135 cm³/mol. The lowest BCUT2D eigenvalue weighted by Gasteiger charge is -2.08. The van der Waals surface area contributed by atoms with E-state index in [2.05, 4.69) is 9.71 Å². The molecule has 0 unspecified atom stereocenters. The fourth-order valence-electron chi connectivity index (χ4n) is 3.41. The highest BCUT2D eigenvalue weighted by Gasteiger charge is 2.15. The summed E-state index contributed by atoms with van der Waals surface area (Å²) >= 11 is 1.22. The Bertz CT molecular complexity index is 1520. The molecular weight excluding hydrogens is 489 g/mol. The molecule has 7 nitrogen and oxygen atoms in total. The summed E-state index contributed by atoms with van der Waals surface area (Å²) in [6.45, 7) is 5.22. The Labute approximate surface area is 206 Å². The topological polar surface area (TPSA) is 89.8 Å². The first-order valence-corrected chi connectivity index (χ1v) is 13.2. The van der Waals surface area contributed by atoms with Crippen molar-refractivity contribution in [1.82, 2.24) is 4.57 Å². The van der Waals surface area contributed by atoms with E-state index < -0.39 is 15.9 Å². The number of halogens is 1. The van der Waals surface area contributed by atoms with Crippen molar-refractivity contribution in [3.05, 3.63) is 88.5 Å². The minimum atomic E-state index is -3.75. The summed E-state index contributed by atoms with van der Waals surface area (Å²) in [7, 11) is -3.75. The molecule has 1 heterocycles. The molecule has 4 rings (SSSR count). The van der Waals surface area contributed by atoms with Crippen LogP contribution in [0.3, 0.4) is 0 Å². The quantitative estimate of drug-likeness (QED) is 0.345. The molecule has 1 amide bonds. The van der Waals surface area contributed by atoms with Gasteiger partial charge < -0.3 is 9.30 Å². The maximum absolute atomic E-state index is 13.7. The summed E-state index contributed by atoms with van der Waals surface area (Å²) in [4.78, 5) is 17.7. The van der Waals surface area contributed by atoms with Crippen LogP contribution < -0.4 is 9.52 Å². The average Bonchev–Trinajstić information content (AvgIpc) is 3.15. The molecule has 1 N–H and O–H groups in total. The highest BCUT2D eigenvalue weighted by atomic mass is 32.2. The van der Waals surface area contributed by atoms with Gasteiger partial charge in [0.25, 0.3) is 15.9 Å². The number of benzene rings is 3. The van der Waals surface area contributed by atoms with Crippen molar-refractivity contribution in [2.75, 3.05) is 17.9 Å². The Morgan fingerprint density at radius 1 is 1.09 bits per heavy atom. The van der Waals surface area contributed by atoms with Crippen LogP contribution >= 0.6 is 11.3 Å². The zero-order chi connectivity index (χ0) is 25.0. The molecule has 0 spiro atoms. The smallest absolute Gasteiger partial charge is 0.279 e. The van der Waals surface area contributed by atoms with Gasteiger partial charge >= 0.3 is 0 Å². The normalized spacial score (nSPS) is 12.3. The molecule has 0 aliphatic heterocycles. The summed E-state index contributed by atoms with van der Waals surface area (Å²) in [5.74, 6) is -0.854. The summed E-state index contributed by atoms with van der Waals surface area (Å²) in [6, 6.07) is 17.0. The third-order valence-electron chi connectivity index (χ3n) is 5.22. The van der Waals surface area contributed by atoms with Crippen LogP contribution in [0.25, 0.3) is 10.2 Å². The molecule has 0 fully saturated rings. The van der Waals surface area contributed by atoms with Crippen molar-refractivity contribution in [2.24, 2.45) is 4.99 Å². The minimum Gasteiger partial charge on any atom is -0.380 e. The molecular formula is C25H24FN3O4S2. The number of hydrogen-bond acceptors (Lipinski definition) is 5. The van der Waals surface area contributed by atoms with Crippen LogP contribution in [0, 0.1) is 12.7 Å². The number of nitrogens with one attached hydrogen (secondary N) is 1. The van der Waals surface area contributed by atoms with E-state index in [1.54, 1.807) is 18.2 Å². The molecule has 3 aromatic carbocycles. The van der Waals surface area contributed by atoms with Crippen molar-refractivity contribution in [3.8, 4) is 0 Å². The molecule has 0 bridgehead atoms. The van der Waals surface area contributed by atoms with Gasteiger partial charge in [0.2, 0.25) is 0 Å². The summed E-state index contributed by atoms with van der Waals surface area (Å²) in [5, 5.41) is 0. The van der Waals surface area contributed by atoms with E-state index in [0.717, 1.165) is 11.1 Å². The van der Waals surface area contributed by atoms with Gasteiger partial charge in [-0.05, 0) is 68.4 Å². The molecule has 0 aliphatic carbocycles. The predicted octanol–water partition coefficient (Wildman–Crippen LogP) is 4.73. The standard InChI is InChI=1S/C25H24FN3O4S2/c1-3-33-15-14-29-22-13-8-19(26)16-23(22)34-25(29)27-24(30)18-6-9-20(10-7-18)28-35(31,32)21-11-4-17(2)5-12-21/h4-13,16,28H,3,14-15H2,1-2H3. The van der Waals surface area contributed by atoms with E-state index in [-0.39, 0.29) is 10.7 Å². The maximum atomic E-state index is 13.7. The number of rotatable bonds is 8. The second kappa shape index (κ2) is 10.5. The van der Waals surface area contributed by atoms with Gasteiger partial charge in [-0.3, -0.25) is 9.52 Å². The highest BCUT2D eigenvalue weighted by molar-refractivity contribution is 7.92. The van der Waals surface area contributed by atoms with Gasteiger partial charge in [0.15, 0.2) is 4.80 Å². The molecule has 182 valence electrons. The number of ether oxygens (including phenoxy) is 1. The Hall–Kier alpha value is -3.34. The molecule has 0 radical (unpaired) electrons.